The molecule has 0 saturated heterocycles. The van der Waals surface area contributed by atoms with Crippen LogP contribution in [0.2, 0.25) is 0 Å². The highest BCUT2D eigenvalue weighted by Gasteiger charge is 2.22. The third kappa shape index (κ3) is 4.14. The first-order valence-corrected chi connectivity index (χ1v) is 6.88. The van der Waals surface area contributed by atoms with Crippen molar-refractivity contribution in [2.45, 2.75) is 51.4 Å². The summed E-state index contributed by atoms with van der Waals surface area (Å²) in [6, 6.07) is 1.92. The molecule has 1 saturated carbocycles. The average molecular weight is 265 g/mol. The van der Waals surface area contributed by atoms with Gasteiger partial charge in [-0.15, -0.1) is 0 Å². The zero-order valence-electron chi connectivity index (χ0n) is 12.0. The zero-order valence-corrected chi connectivity index (χ0v) is 12.0. The molecule has 0 aromatic carbocycles. The molecule has 1 aromatic heterocycles. The van der Waals surface area contributed by atoms with E-state index in [-0.39, 0.29) is 6.10 Å². The second-order valence-electron chi connectivity index (χ2n) is 5.02. The SMILES string of the molecule is CNc1cc(C)nc(COC2CCCC(OC)C2)n1. The molecule has 1 heterocycles. The highest BCUT2D eigenvalue weighted by atomic mass is 16.5. The monoisotopic (exact) mass is 265 g/mol. The fraction of sp³-hybridized carbons (Fsp3) is 0.714. The predicted octanol–water partition coefficient (Wildman–Crippen LogP) is 2.30. The number of rotatable bonds is 5. The van der Waals surface area contributed by atoms with Crippen molar-refractivity contribution in [1.29, 1.82) is 0 Å². The van der Waals surface area contributed by atoms with Gasteiger partial charge in [0.2, 0.25) is 0 Å². The standard InChI is InChI=1S/C14H23N3O2/c1-10-7-13(15-2)17-14(16-10)9-19-12-6-4-5-11(8-12)18-3/h7,11-12H,4-6,8-9H2,1-3H3,(H,15,16,17). The lowest BCUT2D eigenvalue weighted by molar-refractivity contribution is -0.0381. The van der Waals surface area contributed by atoms with Crippen LogP contribution in [0.15, 0.2) is 6.07 Å². The molecule has 0 bridgehead atoms. The van der Waals surface area contributed by atoms with Crippen molar-refractivity contribution in [3.8, 4) is 0 Å². The quantitative estimate of drug-likeness (QED) is 0.885. The third-order valence-electron chi connectivity index (χ3n) is 3.52. The Morgan fingerprint density at radius 2 is 2.11 bits per heavy atom. The normalized spacial score (nSPS) is 23.3. The van der Waals surface area contributed by atoms with E-state index in [4.69, 9.17) is 9.47 Å². The number of hydrogen-bond donors (Lipinski definition) is 1. The maximum atomic E-state index is 5.92. The summed E-state index contributed by atoms with van der Waals surface area (Å²) in [5.41, 5.74) is 0.955. The first-order valence-electron chi connectivity index (χ1n) is 6.88. The number of aryl methyl sites for hydroxylation is 1. The van der Waals surface area contributed by atoms with Crippen LogP contribution in [-0.2, 0) is 16.1 Å². The van der Waals surface area contributed by atoms with Gasteiger partial charge in [-0.3, -0.25) is 0 Å². The number of nitrogens with one attached hydrogen (secondary N) is 1. The van der Waals surface area contributed by atoms with Crippen molar-refractivity contribution in [3.05, 3.63) is 17.6 Å². The minimum absolute atomic E-state index is 0.265. The van der Waals surface area contributed by atoms with E-state index < -0.39 is 0 Å². The van der Waals surface area contributed by atoms with Crippen LogP contribution in [-0.4, -0.2) is 36.3 Å². The second kappa shape index (κ2) is 6.82. The highest BCUT2D eigenvalue weighted by Crippen LogP contribution is 2.23. The number of hydrogen-bond acceptors (Lipinski definition) is 5. The van der Waals surface area contributed by atoms with Crippen LogP contribution in [0.25, 0.3) is 0 Å². The van der Waals surface area contributed by atoms with Gasteiger partial charge in [0.25, 0.3) is 0 Å². The predicted molar refractivity (Wildman–Crippen MR) is 74.2 cm³/mol. The number of ether oxygens (including phenoxy) is 2. The molecular formula is C14H23N3O2. The van der Waals surface area contributed by atoms with E-state index in [2.05, 4.69) is 15.3 Å². The number of nitrogens with zero attached hydrogens (tertiary/aromatic N) is 2. The van der Waals surface area contributed by atoms with E-state index in [1.54, 1.807) is 7.11 Å². The largest absolute Gasteiger partial charge is 0.381 e. The topological polar surface area (TPSA) is 56.3 Å². The van der Waals surface area contributed by atoms with Gasteiger partial charge >= 0.3 is 0 Å². The maximum absolute atomic E-state index is 5.92. The van der Waals surface area contributed by atoms with Crippen molar-refractivity contribution < 1.29 is 9.47 Å². The Kier molecular flexibility index (Phi) is 5.10. The minimum Gasteiger partial charge on any atom is -0.381 e. The van der Waals surface area contributed by atoms with E-state index in [9.17, 15) is 0 Å². The molecule has 0 spiro atoms. The van der Waals surface area contributed by atoms with E-state index in [0.29, 0.717) is 12.7 Å². The Bertz CT molecular complexity index is 412. The summed E-state index contributed by atoms with van der Waals surface area (Å²) in [7, 11) is 3.63. The van der Waals surface area contributed by atoms with E-state index >= 15 is 0 Å². The molecule has 1 N–H and O–H groups in total. The van der Waals surface area contributed by atoms with Gasteiger partial charge in [-0.2, -0.15) is 0 Å². The number of aromatic nitrogens is 2. The van der Waals surface area contributed by atoms with E-state index in [1.807, 2.05) is 20.0 Å². The summed E-state index contributed by atoms with van der Waals surface area (Å²) in [5, 5.41) is 3.04. The molecule has 1 aliphatic carbocycles. The molecule has 0 aliphatic heterocycles. The molecule has 2 rings (SSSR count). The highest BCUT2D eigenvalue weighted by molar-refractivity contribution is 5.34. The summed E-state index contributed by atoms with van der Waals surface area (Å²) >= 11 is 0. The van der Waals surface area contributed by atoms with Crippen LogP contribution < -0.4 is 5.32 Å². The van der Waals surface area contributed by atoms with Gasteiger partial charge in [0.05, 0.1) is 12.2 Å². The number of methoxy groups -OCH3 is 1. The molecule has 1 aliphatic rings. The Hall–Kier alpha value is -1.20. The Morgan fingerprint density at radius 3 is 2.84 bits per heavy atom. The lowest BCUT2D eigenvalue weighted by Gasteiger charge is -2.28. The van der Waals surface area contributed by atoms with Crippen molar-refractivity contribution in [3.63, 3.8) is 0 Å². The second-order valence-corrected chi connectivity index (χ2v) is 5.02. The first kappa shape index (κ1) is 14.2. The molecule has 1 aromatic rings. The van der Waals surface area contributed by atoms with Crippen molar-refractivity contribution >= 4 is 5.82 Å². The number of anilines is 1. The summed E-state index contributed by atoms with van der Waals surface area (Å²) in [6.45, 7) is 2.44. The summed E-state index contributed by atoms with van der Waals surface area (Å²) in [4.78, 5) is 8.80. The zero-order chi connectivity index (χ0) is 13.7. The van der Waals surface area contributed by atoms with Gasteiger partial charge in [-0.05, 0) is 32.6 Å². The van der Waals surface area contributed by atoms with Crippen LogP contribution >= 0.6 is 0 Å². The Balaban J connectivity index is 1.89. The molecule has 2 unspecified atom stereocenters. The summed E-state index contributed by atoms with van der Waals surface area (Å²) in [5.74, 6) is 1.58. The van der Waals surface area contributed by atoms with Crippen molar-refractivity contribution in [2.24, 2.45) is 0 Å². The molecule has 1 fully saturated rings. The molecular weight excluding hydrogens is 242 g/mol. The molecule has 5 nitrogen and oxygen atoms in total. The molecule has 19 heavy (non-hydrogen) atoms. The van der Waals surface area contributed by atoms with Crippen LogP contribution in [0.3, 0.4) is 0 Å². The van der Waals surface area contributed by atoms with Crippen molar-refractivity contribution in [2.75, 3.05) is 19.5 Å². The molecule has 0 radical (unpaired) electrons. The third-order valence-corrected chi connectivity index (χ3v) is 3.52. The van der Waals surface area contributed by atoms with Gasteiger partial charge in [0.1, 0.15) is 12.4 Å². The van der Waals surface area contributed by atoms with Gasteiger partial charge < -0.3 is 14.8 Å². The van der Waals surface area contributed by atoms with Gasteiger partial charge in [0, 0.05) is 25.9 Å². The maximum Gasteiger partial charge on any atom is 0.156 e. The summed E-state index contributed by atoms with van der Waals surface area (Å²) in [6.07, 6.45) is 4.98. The molecule has 2 atom stereocenters. The minimum atomic E-state index is 0.265. The first-order chi connectivity index (χ1) is 9.21. The fourth-order valence-electron chi connectivity index (χ4n) is 2.48. The van der Waals surface area contributed by atoms with Gasteiger partial charge in [0.15, 0.2) is 5.82 Å². The fourth-order valence-corrected chi connectivity index (χ4v) is 2.48. The average Bonchev–Trinajstić information content (AvgIpc) is 2.44. The van der Waals surface area contributed by atoms with E-state index in [0.717, 1.165) is 36.6 Å². The lowest BCUT2D eigenvalue weighted by Crippen LogP contribution is -2.27. The van der Waals surface area contributed by atoms with Crippen LogP contribution in [0.1, 0.15) is 37.2 Å². The Labute approximate surface area is 114 Å². The van der Waals surface area contributed by atoms with Crippen molar-refractivity contribution in [1.82, 2.24) is 9.97 Å². The smallest absolute Gasteiger partial charge is 0.156 e. The van der Waals surface area contributed by atoms with Crippen LogP contribution in [0.4, 0.5) is 5.82 Å². The van der Waals surface area contributed by atoms with Crippen LogP contribution in [0, 0.1) is 6.92 Å². The van der Waals surface area contributed by atoms with Gasteiger partial charge in [-0.1, -0.05) is 0 Å². The van der Waals surface area contributed by atoms with Crippen LogP contribution in [0.5, 0.6) is 0 Å². The van der Waals surface area contributed by atoms with E-state index in [1.165, 1.54) is 6.42 Å². The molecule has 5 heteroatoms. The summed E-state index contributed by atoms with van der Waals surface area (Å²) < 4.78 is 11.3. The lowest BCUT2D eigenvalue weighted by atomic mass is 9.95. The molecule has 0 amide bonds. The van der Waals surface area contributed by atoms with Gasteiger partial charge in [-0.25, -0.2) is 9.97 Å². The Morgan fingerprint density at radius 1 is 1.32 bits per heavy atom. The molecule has 106 valence electrons.